The molecule has 0 bridgehead atoms. The number of hydrogen-bond acceptors (Lipinski definition) is 2. The minimum Gasteiger partial charge on any atom is -0.325 e. The van der Waals surface area contributed by atoms with E-state index in [1.165, 1.54) is 0 Å². The number of rotatable bonds is 2. The molecule has 0 saturated heterocycles. The Morgan fingerprint density at radius 3 is 2.88 bits per heavy atom. The number of carbonyl (C=O) groups is 1. The molecule has 0 aliphatic heterocycles. The van der Waals surface area contributed by atoms with Crippen LogP contribution in [0.4, 0.5) is 5.69 Å². The lowest BCUT2D eigenvalue weighted by molar-refractivity contribution is -0.117. The van der Waals surface area contributed by atoms with Crippen molar-refractivity contribution in [2.75, 3.05) is 5.32 Å². The predicted molar refractivity (Wildman–Crippen MR) is 68.1 cm³/mol. The van der Waals surface area contributed by atoms with Gasteiger partial charge in [-0.2, -0.15) is 0 Å². The molecule has 3 rings (SSSR count). The molecule has 3 nitrogen and oxygen atoms in total. The first-order chi connectivity index (χ1) is 8.24. The van der Waals surface area contributed by atoms with Gasteiger partial charge in [0.1, 0.15) is 5.15 Å². The SMILES string of the molecule is O=C(Nc1cccc2nc(Cl)ccc12)C1CC1. The van der Waals surface area contributed by atoms with Gasteiger partial charge in [0.15, 0.2) is 0 Å². The van der Waals surface area contributed by atoms with Crippen LogP contribution < -0.4 is 5.32 Å². The van der Waals surface area contributed by atoms with E-state index in [0.29, 0.717) is 5.15 Å². The lowest BCUT2D eigenvalue weighted by Crippen LogP contribution is -2.13. The molecule has 1 aliphatic carbocycles. The third-order valence-corrected chi connectivity index (χ3v) is 3.11. The first kappa shape index (κ1) is 10.5. The highest BCUT2D eigenvalue weighted by Gasteiger charge is 2.29. The van der Waals surface area contributed by atoms with Crippen molar-refractivity contribution in [1.82, 2.24) is 4.98 Å². The summed E-state index contributed by atoms with van der Waals surface area (Å²) >= 11 is 5.84. The molecule has 1 fully saturated rings. The second-order valence-electron chi connectivity index (χ2n) is 4.27. The van der Waals surface area contributed by atoms with Gasteiger partial charge in [0.2, 0.25) is 5.91 Å². The molecule has 1 aliphatic rings. The average Bonchev–Trinajstić information content (AvgIpc) is 3.12. The van der Waals surface area contributed by atoms with Gasteiger partial charge >= 0.3 is 0 Å². The van der Waals surface area contributed by atoms with E-state index in [4.69, 9.17) is 11.6 Å². The second-order valence-corrected chi connectivity index (χ2v) is 4.66. The average molecular weight is 247 g/mol. The molecule has 0 unspecified atom stereocenters. The Labute approximate surface area is 104 Å². The number of amides is 1. The Hall–Kier alpha value is -1.61. The van der Waals surface area contributed by atoms with Gasteiger partial charge in [0.05, 0.1) is 11.2 Å². The number of benzene rings is 1. The van der Waals surface area contributed by atoms with Crippen LogP contribution in [0.1, 0.15) is 12.8 Å². The smallest absolute Gasteiger partial charge is 0.227 e. The monoisotopic (exact) mass is 246 g/mol. The standard InChI is InChI=1S/C13H11ClN2O/c14-12-7-6-9-10(15-12)2-1-3-11(9)16-13(17)8-4-5-8/h1-3,6-8H,4-5H2,(H,16,17). The number of pyridine rings is 1. The van der Waals surface area contributed by atoms with E-state index in [0.717, 1.165) is 29.4 Å². The van der Waals surface area contributed by atoms with Crippen LogP contribution in [0.3, 0.4) is 0 Å². The van der Waals surface area contributed by atoms with Crippen molar-refractivity contribution in [2.24, 2.45) is 5.92 Å². The van der Waals surface area contributed by atoms with Crippen molar-refractivity contribution >= 4 is 34.1 Å². The van der Waals surface area contributed by atoms with Crippen LogP contribution in [0.15, 0.2) is 30.3 Å². The number of carbonyl (C=O) groups excluding carboxylic acids is 1. The van der Waals surface area contributed by atoms with Crippen molar-refractivity contribution in [3.8, 4) is 0 Å². The fraction of sp³-hybridized carbons (Fsp3) is 0.231. The molecule has 17 heavy (non-hydrogen) atoms. The molecule has 1 aromatic carbocycles. The first-order valence-corrected chi connectivity index (χ1v) is 5.98. The fourth-order valence-electron chi connectivity index (χ4n) is 1.82. The highest BCUT2D eigenvalue weighted by atomic mass is 35.5. The Morgan fingerprint density at radius 1 is 1.29 bits per heavy atom. The largest absolute Gasteiger partial charge is 0.325 e. The maximum Gasteiger partial charge on any atom is 0.227 e. The molecular formula is C13H11ClN2O. The molecule has 0 radical (unpaired) electrons. The van der Waals surface area contributed by atoms with Crippen LogP contribution in [0, 0.1) is 5.92 Å². The predicted octanol–water partition coefficient (Wildman–Crippen LogP) is 3.24. The third-order valence-electron chi connectivity index (χ3n) is 2.90. The highest BCUT2D eigenvalue weighted by Crippen LogP contribution is 2.31. The lowest BCUT2D eigenvalue weighted by atomic mass is 10.2. The summed E-state index contributed by atoms with van der Waals surface area (Å²) in [6.07, 6.45) is 2.00. The number of nitrogens with one attached hydrogen (secondary N) is 1. The molecule has 86 valence electrons. The quantitative estimate of drug-likeness (QED) is 0.827. The van der Waals surface area contributed by atoms with Crippen molar-refractivity contribution in [3.05, 3.63) is 35.5 Å². The van der Waals surface area contributed by atoms with Gasteiger partial charge in [-0.1, -0.05) is 17.7 Å². The minimum atomic E-state index is 0.104. The maximum atomic E-state index is 11.7. The van der Waals surface area contributed by atoms with Crippen LogP contribution in [-0.2, 0) is 4.79 Å². The molecule has 1 saturated carbocycles. The third kappa shape index (κ3) is 2.11. The number of anilines is 1. The Bertz CT molecular complexity index is 593. The maximum absolute atomic E-state index is 11.7. The molecule has 4 heteroatoms. The molecule has 0 spiro atoms. The van der Waals surface area contributed by atoms with Crippen molar-refractivity contribution < 1.29 is 4.79 Å². The summed E-state index contributed by atoms with van der Waals surface area (Å²) in [5, 5.41) is 4.33. The zero-order chi connectivity index (χ0) is 11.8. The summed E-state index contributed by atoms with van der Waals surface area (Å²) in [5.74, 6) is 0.304. The number of hydrogen-bond donors (Lipinski definition) is 1. The molecule has 1 amide bonds. The molecule has 1 N–H and O–H groups in total. The topological polar surface area (TPSA) is 42.0 Å². The van der Waals surface area contributed by atoms with Crippen LogP contribution in [0.2, 0.25) is 5.15 Å². The Balaban J connectivity index is 2.00. The van der Waals surface area contributed by atoms with Gasteiger partial charge in [-0.15, -0.1) is 0 Å². The van der Waals surface area contributed by atoms with E-state index in [9.17, 15) is 4.79 Å². The molecular weight excluding hydrogens is 236 g/mol. The van der Waals surface area contributed by atoms with Gasteiger partial charge in [-0.05, 0) is 37.1 Å². The van der Waals surface area contributed by atoms with Crippen molar-refractivity contribution in [2.45, 2.75) is 12.8 Å². The van der Waals surface area contributed by atoms with Gasteiger partial charge in [0, 0.05) is 11.3 Å². The van der Waals surface area contributed by atoms with Crippen LogP contribution in [0.25, 0.3) is 10.9 Å². The second kappa shape index (κ2) is 4.00. The normalized spacial score (nSPS) is 14.9. The summed E-state index contributed by atoms with van der Waals surface area (Å²) in [7, 11) is 0. The van der Waals surface area contributed by atoms with E-state index in [2.05, 4.69) is 10.3 Å². The molecule has 1 heterocycles. The highest BCUT2D eigenvalue weighted by molar-refractivity contribution is 6.29. The lowest BCUT2D eigenvalue weighted by Gasteiger charge is -2.07. The Morgan fingerprint density at radius 2 is 2.12 bits per heavy atom. The van der Waals surface area contributed by atoms with E-state index < -0.39 is 0 Å². The van der Waals surface area contributed by atoms with E-state index in [1.807, 2.05) is 24.3 Å². The van der Waals surface area contributed by atoms with Crippen molar-refractivity contribution in [3.63, 3.8) is 0 Å². The van der Waals surface area contributed by atoms with Crippen molar-refractivity contribution in [1.29, 1.82) is 0 Å². The van der Waals surface area contributed by atoms with Crippen LogP contribution in [0.5, 0.6) is 0 Å². The molecule has 1 aromatic heterocycles. The van der Waals surface area contributed by atoms with Crippen LogP contribution >= 0.6 is 11.6 Å². The van der Waals surface area contributed by atoms with Gasteiger partial charge < -0.3 is 5.32 Å². The molecule has 2 aromatic rings. The zero-order valence-electron chi connectivity index (χ0n) is 9.11. The summed E-state index contributed by atoms with van der Waals surface area (Å²) in [5.41, 5.74) is 1.61. The fourth-order valence-corrected chi connectivity index (χ4v) is 1.97. The van der Waals surface area contributed by atoms with Gasteiger partial charge in [-0.25, -0.2) is 4.98 Å². The summed E-state index contributed by atoms with van der Waals surface area (Å²) in [6.45, 7) is 0. The van der Waals surface area contributed by atoms with Gasteiger partial charge in [-0.3, -0.25) is 4.79 Å². The minimum absolute atomic E-state index is 0.104. The van der Waals surface area contributed by atoms with E-state index in [1.54, 1.807) is 6.07 Å². The van der Waals surface area contributed by atoms with Crippen LogP contribution in [-0.4, -0.2) is 10.9 Å². The summed E-state index contributed by atoms with van der Waals surface area (Å²) < 4.78 is 0. The summed E-state index contributed by atoms with van der Waals surface area (Å²) in [4.78, 5) is 15.9. The zero-order valence-corrected chi connectivity index (χ0v) is 9.87. The Kier molecular flexibility index (Phi) is 2.48. The number of aromatic nitrogens is 1. The van der Waals surface area contributed by atoms with Gasteiger partial charge in [0.25, 0.3) is 0 Å². The number of fused-ring (bicyclic) bond motifs is 1. The van der Waals surface area contributed by atoms with E-state index in [-0.39, 0.29) is 11.8 Å². The molecule has 0 atom stereocenters. The number of nitrogens with zero attached hydrogens (tertiary/aromatic N) is 1. The van der Waals surface area contributed by atoms with E-state index >= 15 is 0 Å². The first-order valence-electron chi connectivity index (χ1n) is 5.60. The summed E-state index contributed by atoms with van der Waals surface area (Å²) in [6, 6.07) is 9.25. The number of halogens is 1.